The number of hydrogen-bond donors (Lipinski definition) is 3. The third-order valence-electron chi connectivity index (χ3n) is 4.32. The Balaban J connectivity index is 0.00000841. The first-order valence-corrected chi connectivity index (χ1v) is 12.0. The molecule has 0 aliphatic carbocycles. The van der Waals surface area contributed by atoms with Crippen LogP contribution in [-0.4, -0.2) is 46.7 Å². The van der Waals surface area contributed by atoms with Gasteiger partial charge in [0.25, 0.3) is 0 Å². The highest BCUT2D eigenvalue weighted by Gasteiger charge is 2.14. The van der Waals surface area contributed by atoms with Crippen molar-refractivity contribution in [2.45, 2.75) is 65.5 Å². The molecule has 0 aliphatic rings. The Bertz CT molecular complexity index is 722. The van der Waals surface area contributed by atoms with Crippen LogP contribution in [0, 0.1) is 5.92 Å². The Kier molecular flexibility index (Phi) is 14.5. The number of rotatable bonds is 12. The topological polar surface area (TPSA) is 91.8 Å². The first-order valence-electron chi connectivity index (χ1n) is 10.3. The summed E-state index contributed by atoms with van der Waals surface area (Å²) in [5, 5.41) is 6.60. The van der Waals surface area contributed by atoms with Crippen LogP contribution >= 0.6 is 24.0 Å². The molecule has 0 radical (unpaired) electrons. The Morgan fingerprint density at radius 3 is 2.17 bits per heavy atom. The van der Waals surface area contributed by atoms with Crippen LogP contribution in [0.2, 0.25) is 0 Å². The highest BCUT2D eigenvalue weighted by molar-refractivity contribution is 14.0. The van der Waals surface area contributed by atoms with Crippen LogP contribution in [0.5, 0.6) is 0 Å². The molecule has 0 saturated heterocycles. The molecule has 0 heterocycles. The van der Waals surface area contributed by atoms with E-state index < -0.39 is 10.0 Å². The molecule has 0 fully saturated rings. The fourth-order valence-electron chi connectivity index (χ4n) is 2.94. The zero-order valence-electron chi connectivity index (χ0n) is 19.1. The molecule has 1 aromatic carbocycles. The lowest BCUT2D eigenvalue weighted by Crippen LogP contribution is -2.38. The summed E-state index contributed by atoms with van der Waals surface area (Å²) in [7, 11) is -1.57. The average molecular weight is 555 g/mol. The van der Waals surface area contributed by atoms with Gasteiger partial charge in [0, 0.05) is 32.8 Å². The first kappa shape index (κ1) is 29.1. The minimum absolute atomic E-state index is 0. The van der Waals surface area contributed by atoms with E-state index in [9.17, 15) is 8.42 Å². The van der Waals surface area contributed by atoms with E-state index in [2.05, 4.69) is 34.2 Å². The van der Waals surface area contributed by atoms with Crippen LogP contribution in [0.3, 0.4) is 0 Å². The largest absolute Gasteiger partial charge is 0.378 e. The minimum Gasteiger partial charge on any atom is -0.378 e. The van der Waals surface area contributed by atoms with Crippen LogP contribution in [0.15, 0.2) is 29.3 Å². The van der Waals surface area contributed by atoms with E-state index in [1.807, 2.05) is 45.0 Å². The molecular weight excluding hydrogens is 515 g/mol. The zero-order valence-corrected chi connectivity index (χ0v) is 22.2. The molecule has 9 heteroatoms. The van der Waals surface area contributed by atoms with E-state index in [0.717, 1.165) is 36.7 Å². The molecule has 0 amide bonds. The molecule has 1 rings (SSSR count). The van der Waals surface area contributed by atoms with E-state index in [4.69, 9.17) is 4.74 Å². The molecule has 0 saturated carbocycles. The number of nitrogens with zero attached hydrogens (tertiary/aromatic N) is 1. The summed E-state index contributed by atoms with van der Waals surface area (Å²) in [4.78, 5) is 4.25. The number of benzene rings is 1. The third-order valence-corrected chi connectivity index (χ3v) is 5.87. The smallest absolute Gasteiger partial charge is 0.216 e. The molecule has 0 spiro atoms. The van der Waals surface area contributed by atoms with Gasteiger partial charge in [-0.15, -0.1) is 24.0 Å². The van der Waals surface area contributed by atoms with Crippen LogP contribution < -0.4 is 15.4 Å². The predicted octanol–water partition coefficient (Wildman–Crippen LogP) is 3.25. The van der Waals surface area contributed by atoms with Crippen molar-refractivity contribution in [3.8, 4) is 0 Å². The standard InChI is InChI=1S/C21H38N4O3S.HI/c1-7-28-20(16(2)3)12-13-23-21(22-6)24-14-18-8-10-19(11-9-18)15-29(26,27)25-17(4)5;/h8-11,16-17,20,25H,7,12-15H2,1-6H3,(H2,22,23,24);1H. The number of nitrogens with one attached hydrogen (secondary N) is 3. The molecule has 30 heavy (non-hydrogen) atoms. The number of halogens is 1. The second kappa shape index (κ2) is 15.0. The van der Waals surface area contributed by atoms with Gasteiger partial charge >= 0.3 is 0 Å². The molecule has 0 aromatic heterocycles. The molecule has 1 unspecified atom stereocenters. The van der Waals surface area contributed by atoms with E-state index >= 15 is 0 Å². The van der Waals surface area contributed by atoms with Crippen molar-refractivity contribution in [2.75, 3.05) is 20.2 Å². The molecule has 0 bridgehead atoms. The summed E-state index contributed by atoms with van der Waals surface area (Å²) in [5.74, 6) is 1.19. The monoisotopic (exact) mass is 554 g/mol. The van der Waals surface area contributed by atoms with Gasteiger partial charge in [0.05, 0.1) is 11.9 Å². The minimum atomic E-state index is -3.31. The van der Waals surface area contributed by atoms with Crippen molar-refractivity contribution in [3.63, 3.8) is 0 Å². The van der Waals surface area contributed by atoms with Gasteiger partial charge in [0.2, 0.25) is 10.0 Å². The molecular formula is C21H39IN4O3S. The number of hydrogen-bond acceptors (Lipinski definition) is 4. The van der Waals surface area contributed by atoms with Crippen molar-refractivity contribution in [3.05, 3.63) is 35.4 Å². The maximum Gasteiger partial charge on any atom is 0.216 e. The fraction of sp³-hybridized carbons (Fsp3) is 0.667. The van der Waals surface area contributed by atoms with Gasteiger partial charge in [-0.3, -0.25) is 4.99 Å². The molecule has 7 nitrogen and oxygen atoms in total. The Labute approximate surface area is 199 Å². The van der Waals surface area contributed by atoms with Gasteiger partial charge in [-0.1, -0.05) is 38.1 Å². The first-order chi connectivity index (χ1) is 13.7. The van der Waals surface area contributed by atoms with Gasteiger partial charge < -0.3 is 15.4 Å². The SMILES string of the molecule is CCOC(CCNC(=NC)NCc1ccc(CS(=O)(=O)NC(C)C)cc1)C(C)C.I. The summed E-state index contributed by atoms with van der Waals surface area (Å²) in [6.45, 7) is 12.1. The number of sulfonamides is 1. The second-order valence-electron chi connectivity index (χ2n) is 7.73. The summed E-state index contributed by atoms with van der Waals surface area (Å²) in [6, 6.07) is 7.46. The lowest BCUT2D eigenvalue weighted by atomic mass is 10.0. The summed E-state index contributed by atoms with van der Waals surface area (Å²) >= 11 is 0. The van der Waals surface area contributed by atoms with Crippen molar-refractivity contribution in [1.82, 2.24) is 15.4 Å². The van der Waals surface area contributed by atoms with Crippen LogP contribution in [-0.2, 0) is 27.1 Å². The van der Waals surface area contributed by atoms with Gasteiger partial charge in [-0.25, -0.2) is 13.1 Å². The van der Waals surface area contributed by atoms with Crippen molar-refractivity contribution >= 4 is 40.0 Å². The molecule has 0 aliphatic heterocycles. The van der Waals surface area contributed by atoms with Crippen molar-refractivity contribution in [2.24, 2.45) is 10.9 Å². The van der Waals surface area contributed by atoms with E-state index in [1.54, 1.807) is 7.05 Å². The van der Waals surface area contributed by atoms with Crippen LogP contribution in [0.1, 0.15) is 52.2 Å². The Hall–Kier alpha value is -0.910. The van der Waals surface area contributed by atoms with Gasteiger partial charge in [0.1, 0.15) is 0 Å². The maximum atomic E-state index is 12.0. The van der Waals surface area contributed by atoms with Crippen molar-refractivity contribution in [1.29, 1.82) is 0 Å². The highest BCUT2D eigenvalue weighted by Crippen LogP contribution is 2.10. The molecule has 1 aromatic rings. The molecule has 1 atom stereocenters. The normalized spacial score (nSPS) is 13.3. The predicted molar refractivity (Wildman–Crippen MR) is 136 cm³/mol. The summed E-state index contributed by atoms with van der Waals surface area (Å²) < 4.78 is 32.4. The Morgan fingerprint density at radius 2 is 1.67 bits per heavy atom. The average Bonchev–Trinajstić information content (AvgIpc) is 2.63. The van der Waals surface area contributed by atoms with E-state index in [1.165, 1.54) is 0 Å². The third kappa shape index (κ3) is 12.1. The maximum absolute atomic E-state index is 12.0. The zero-order chi connectivity index (χ0) is 21.9. The van der Waals surface area contributed by atoms with Crippen LogP contribution in [0.25, 0.3) is 0 Å². The van der Waals surface area contributed by atoms with Crippen LogP contribution in [0.4, 0.5) is 0 Å². The Morgan fingerprint density at radius 1 is 1.07 bits per heavy atom. The lowest BCUT2D eigenvalue weighted by molar-refractivity contribution is 0.0258. The van der Waals surface area contributed by atoms with Gasteiger partial charge in [-0.2, -0.15) is 0 Å². The van der Waals surface area contributed by atoms with E-state index in [-0.39, 0.29) is 41.9 Å². The fourth-order valence-corrected chi connectivity index (χ4v) is 4.37. The summed E-state index contributed by atoms with van der Waals surface area (Å²) in [6.07, 6.45) is 1.15. The van der Waals surface area contributed by atoms with Gasteiger partial charge in [-0.05, 0) is 44.2 Å². The lowest BCUT2D eigenvalue weighted by Gasteiger charge is -2.21. The number of aliphatic imine (C=N–C) groups is 1. The number of guanidine groups is 1. The quantitative estimate of drug-likeness (QED) is 0.210. The second-order valence-corrected chi connectivity index (χ2v) is 9.48. The van der Waals surface area contributed by atoms with Crippen molar-refractivity contribution < 1.29 is 13.2 Å². The molecule has 174 valence electrons. The van der Waals surface area contributed by atoms with E-state index in [0.29, 0.717) is 12.5 Å². The number of ether oxygens (including phenoxy) is 1. The molecule has 3 N–H and O–H groups in total. The highest BCUT2D eigenvalue weighted by atomic mass is 127. The summed E-state index contributed by atoms with van der Waals surface area (Å²) in [5.41, 5.74) is 1.82. The van der Waals surface area contributed by atoms with Gasteiger partial charge in [0.15, 0.2) is 5.96 Å².